The van der Waals surface area contributed by atoms with Gasteiger partial charge in [-0.05, 0) is 31.0 Å². The van der Waals surface area contributed by atoms with Crippen LogP contribution in [0.4, 0.5) is 5.69 Å². The maximum absolute atomic E-state index is 9.72. The number of hydrogen-bond acceptors (Lipinski definition) is 4. The number of hydrogen-bond donors (Lipinski definition) is 2. The highest BCUT2D eigenvalue weighted by Gasteiger charge is 2.31. The molecule has 0 radical (unpaired) electrons. The highest BCUT2D eigenvalue weighted by atomic mass is 16.3. The Morgan fingerprint density at radius 1 is 1.24 bits per heavy atom. The van der Waals surface area contributed by atoms with Gasteiger partial charge in [0.05, 0.1) is 18.5 Å². The normalized spacial score (nSPS) is 17.6. The molecular formula is C16H22N4O. The summed E-state index contributed by atoms with van der Waals surface area (Å²) in [7, 11) is 0. The van der Waals surface area contributed by atoms with Gasteiger partial charge in [0, 0.05) is 24.4 Å². The van der Waals surface area contributed by atoms with Crippen LogP contribution in [0.2, 0.25) is 0 Å². The van der Waals surface area contributed by atoms with Gasteiger partial charge in [0.2, 0.25) is 0 Å². The van der Waals surface area contributed by atoms with Crippen molar-refractivity contribution in [2.24, 2.45) is 5.41 Å². The number of nitrogens with zero attached hydrogens (tertiary/aromatic N) is 3. The predicted octanol–water partition coefficient (Wildman–Crippen LogP) is 2.62. The maximum Gasteiger partial charge on any atom is 0.153 e. The van der Waals surface area contributed by atoms with Gasteiger partial charge in [0.1, 0.15) is 0 Å². The minimum Gasteiger partial charge on any atom is -0.396 e. The molecule has 5 nitrogen and oxygen atoms in total. The average Bonchev–Trinajstić information content (AvgIpc) is 3.09. The molecule has 0 bridgehead atoms. The van der Waals surface area contributed by atoms with Crippen molar-refractivity contribution in [3.63, 3.8) is 0 Å². The van der Waals surface area contributed by atoms with E-state index in [0.29, 0.717) is 0 Å². The second-order valence-electron chi connectivity index (χ2n) is 5.93. The lowest BCUT2D eigenvalue weighted by atomic mass is 9.74. The molecule has 21 heavy (non-hydrogen) atoms. The molecule has 2 aromatic rings. The fraction of sp³-hybridized carbons (Fsp3) is 0.500. The molecule has 0 atom stereocenters. The summed E-state index contributed by atoms with van der Waals surface area (Å²) < 4.78 is 1.74. The average molecular weight is 286 g/mol. The summed E-state index contributed by atoms with van der Waals surface area (Å²) in [5.74, 6) is 0.806. The second-order valence-corrected chi connectivity index (χ2v) is 5.93. The number of rotatable bonds is 5. The van der Waals surface area contributed by atoms with Gasteiger partial charge in [-0.3, -0.25) is 0 Å². The van der Waals surface area contributed by atoms with Crippen molar-refractivity contribution in [3.05, 3.63) is 36.8 Å². The van der Waals surface area contributed by atoms with Crippen molar-refractivity contribution in [3.8, 4) is 5.82 Å². The van der Waals surface area contributed by atoms with Gasteiger partial charge >= 0.3 is 0 Å². The van der Waals surface area contributed by atoms with Crippen LogP contribution < -0.4 is 5.32 Å². The summed E-state index contributed by atoms with van der Waals surface area (Å²) in [5.41, 5.74) is 1.03. The van der Waals surface area contributed by atoms with E-state index < -0.39 is 0 Å². The molecule has 2 heterocycles. The maximum atomic E-state index is 9.72. The number of pyridine rings is 1. The Bertz CT molecular complexity index is 544. The molecule has 0 amide bonds. The van der Waals surface area contributed by atoms with Crippen LogP contribution in [0.3, 0.4) is 0 Å². The summed E-state index contributed by atoms with van der Waals surface area (Å²) in [4.78, 5) is 4.41. The largest absolute Gasteiger partial charge is 0.396 e. The van der Waals surface area contributed by atoms with Gasteiger partial charge < -0.3 is 10.4 Å². The molecule has 2 N–H and O–H groups in total. The smallest absolute Gasteiger partial charge is 0.153 e. The Hall–Kier alpha value is -1.88. The molecule has 0 unspecified atom stereocenters. The minimum atomic E-state index is 0.0406. The van der Waals surface area contributed by atoms with E-state index >= 15 is 0 Å². The molecule has 2 aromatic heterocycles. The first kappa shape index (κ1) is 14.1. The SMILES string of the molecule is OCC1(CNc2ccc(-n3cccn3)nc2)CCCCC1. The van der Waals surface area contributed by atoms with Crippen LogP contribution in [0.15, 0.2) is 36.8 Å². The molecular weight excluding hydrogens is 264 g/mol. The first-order chi connectivity index (χ1) is 10.3. The summed E-state index contributed by atoms with van der Waals surface area (Å²) >= 11 is 0. The third-order valence-corrected chi connectivity index (χ3v) is 4.40. The van der Waals surface area contributed by atoms with Crippen LogP contribution in [-0.4, -0.2) is 33.0 Å². The topological polar surface area (TPSA) is 63.0 Å². The fourth-order valence-corrected chi connectivity index (χ4v) is 3.01. The summed E-state index contributed by atoms with van der Waals surface area (Å²) in [5, 5.41) is 17.3. The van der Waals surface area contributed by atoms with E-state index in [1.165, 1.54) is 19.3 Å². The van der Waals surface area contributed by atoms with Crippen LogP contribution in [0.25, 0.3) is 5.82 Å². The molecule has 1 fully saturated rings. The van der Waals surface area contributed by atoms with Crippen LogP contribution >= 0.6 is 0 Å². The second kappa shape index (κ2) is 6.26. The third-order valence-electron chi connectivity index (χ3n) is 4.40. The Labute approximate surface area is 125 Å². The molecule has 3 rings (SSSR count). The Morgan fingerprint density at radius 2 is 2.10 bits per heavy atom. The Kier molecular flexibility index (Phi) is 4.20. The zero-order valence-corrected chi connectivity index (χ0v) is 12.2. The number of aliphatic hydroxyl groups is 1. The molecule has 0 saturated heterocycles. The van der Waals surface area contributed by atoms with E-state index in [9.17, 15) is 5.11 Å². The Balaban J connectivity index is 1.62. The van der Waals surface area contributed by atoms with E-state index in [4.69, 9.17) is 0 Å². The van der Waals surface area contributed by atoms with E-state index in [1.807, 2.05) is 30.6 Å². The first-order valence-electron chi connectivity index (χ1n) is 7.62. The van der Waals surface area contributed by atoms with Crippen LogP contribution in [-0.2, 0) is 0 Å². The van der Waals surface area contributed by atoms with Crippen molar-refractivity contribution in [1.82, 2.24) is 14.8 Å². The van der Waals surface area contributed by atoms with E-state index in [0.717, 1.165) is 30.9 Å². The standard InChI is InChI=1S/C16H22N4O/c21-13-16(7-2-1-3-8-16)12-18-14-5-6-15(17-11-14)20-10-4-9-19-20/h4-6,9-11,18,21H,1-3,7-8,12-13H2. The van der Waals surface area contributed by atoms with Gasteiger partial charge in [-0.2, -0.15) is 5.10 Å². The van der Waals surface area contributed by atoms with Crippen molar-refractivity contribution in [1.29, 1.82) is 0 Å². The molecule has 5 heteroatoms. The van der Waals surface area contributed by atoms with E-state index in [-0.39, 0.29) is 12.0 Å². The van der Waals surface area contributed by atoms with Crippen LogP contribution in [0.5, 0.6) is 0 Å². The zero-order valence-electron chi connectivity index (χ0n) is 12.2. The van der Waals surface area contributed by atoms with Gasteiger partial charge in [-0.25, -0.2) is 9.67 Å². The van der Waals surface area contributed by atoms with Crippen molar-refractivity contribution in [2.45, 2.75) is 32.1 Å². The molecule has 1 aliphatic rings. The minimum absolute atomic E-state index is 0.0406. The number of anilines is 1. The van der Waals surface area contributed by atoms with Crippen LogP contribution in [0, 0.1) is 5.41 Å². The molecule has 0 aliphatic heterocycles. The molecule has 0 aromatic carbocycles. The van der Waals surface area contributed by atoms with Gasteiger partial charge in [-0.1, -0.05) is 19.3 Å². The third kappa shape index (κ3) is 3.24. The fourth-order valence-electron chi connectivity index (χ4n) is 3.01. The van der Waals surface area contributed by atoms with Crippen molar-refractivity contribution < 1.29 is 5.11 Å². The molecule has 1 saturated carbocycles. The highest BCUT2D eigenvalue weighted by molar-refractivity contribution is 5.43. The lowest BCUT2D eigenvalue weighted by Crippen LogP contribution is -2.35. The van der Waals surface area contributed by atoms with Gasteiger partial charge in [0.25, 0.3) is 0 Å². The molecule has 112 valence electrons. The van der Waals surface area contributed by atoms with E-state index in [2.05, 4.69) is 15.4 Å². The van der Waals surface area contributed by atoms with E-state index in [1.54, 1.807) is 10.9 Å². The number of aromatic nitrogens is 3. The first-order valence-corrected chi connectivity index (χ1v) is 7.62. The Morgan fingerprint density at radius 3 is 2.71 bits per heavy atom. The zero-order chi connectivity index (χ0) is 14.5. The predicted molar refractivity (Wildman–Crippen MR) is 82.5 cm³/mol. The van der Waals surface area contributed by atoms with Gasteiger partial charge in [-0.15, -0.1) is 0 Å². The van der Waals surface area contributed by atoms with Gasteiger partial charge in [0.15, 0.2) is 5.82 Å². The van der Waals surface area contributed by atoms with Crippen LogP contribution in [0.1, 0.15) is 32.1 Å². The number of nitrogens with one attached hydrogen (secondary N) is 1. The summed E-state index contributed by atoms with van der Waals surface area (Å²) in [6, 6.07) is 5.83. The summed E-state index contributed by atoms with van der Waals surface area (Å²) in [6.07, 6.45) is 11.4. The highest BCUT2D eigenvalue weighted by Crippen LogP contribution is 2.35. The summed E-state index contributed by atoms with van der Waals surface area (Å²) in [6.45, 7) is 1.07. The van der Waals surface area contributed by atoms with Crippen molar-refractivity contribution >= 4 is 5.69 Å². The lowest BCUT2D eigenvalue weighted by Gasteiger charge is -2.36. The number of aliphatic hydroxyl groups excluding tert-OH is 1. The molecule has 1 aliphatic carbocycles. The van der Waals surface area contributed by atoms with Crippen molar-refractivity contribution in [2.75, 3.05) is 18.5 Å². The lowest BCUT2D eigenvalue weighted by molar-refractivity contribution is 0.0944. The molecule has 0 spiro atoms. The quantitative estimate of drug-likeness (QED) is 0.887. The monoisotopic (exact) mass is 286 g/mol.